The average Bonchev–Trinajstić information content (AvgIpc) is 3.02. The van der Waals surface area contributed by atoms with Crippen molar-refractivity contribution in [1.29, 1.82) is 0 Å². The molecule has 1 unspecified atom stereocenters. The van der Waals surface area contributed by atoms with E-state index in [1.54, 1.807) is 0 Å². The van der Waals surface area contributed by atoms with Crippen molar-refractivity contribution in [3.8, 4) is 0 Å². The van der Waals surface area contributed by atoms with E-state index < -0.39 is 17.6 Å². The van der Waals surface area contributed by atoms with Crippen molar-refractivity contribution in [3.05, 3.63) is 29.3 Å². The van der Waals surface area contributed by atoms with Crippen molar-refractivity contribution in [2.75, 3.05) is 24.5 Å². The molecule has 21 heavy (non-hydrogen) atoms. The maximum absolute atomic E-state index is 11.5. The second-order valence-corrected chi connectivity index (χ2v) is 6.15. The molecule has 2 N–H and O–H groups in total. The van der Waals surface area contributed by atoms with Crippen LogP contribution in [-0.2, 0) is 10.7 Å². The second-order valence-electron chi connectivity index (χ2n) is 5.59. The Balaban J connectivity index is 2.05. The summed E-state index contributed by atoms with van der Waals surface area (Å²) in [5, 5.41) is 19.2. The van der Waals surface area contributed by atoms with E-state index >= 15 is 0 Å². The van der Waals surface area contributed by atoms with Crippen LogP contribution in [0.15, 0.2) is 18.2 Å². The highest BCUT2D eigenvalue weighted by molar-refractivity contribution is 9.08. The lowest BCUT2D eigenvalue weighted by atomic mass is 9.81. The maximum Gasteiger partial charge on any atom is 0.411 e. The van der Waals surface area contributed by atoms with Gasteiger partial charge in [0.05, 0.1) is 5.69 Å². The molecule has 1 atom stereocenters. The van der Waals surface area contributed by atoms with Gasteiger partial charge in [-0.2, -0.15) is 0 Å². The van der Waals surface area contributed by atoms with Crippen LogP contribution in [0.4, 0.5) is 15.3 Å². The Morgan fingerprint density at radius 3 is 2.57 bits per heavy atom. The Labute approximate surface area is 130 Å². The van der Waals surface area contributed by atoms with Gasteiger partial charge in [0.2, 0.25) is 0 Å². The molecule has 0 aromatic heterocycles. The molecular weight excluding hydrogens is 340 g/mol. The number of hydrogen-bond acceptors (Lipinski definition) is 2. The number of fused-ring (bicyclic) bond motifs is 2. The fourth-order valence-corrected chi connectivity index (χ4v) is 3.70. The van der Waals surface area contributed by atoms with Gasteiger partial charge in [-0.3, -0.25) is 4.90 Å². The summed E-state index contributed by atoms with van der Waals surface area (Å²) in [6, 6.07) is 5.71. The van der Waals surface area contributed by atoms with Crippen LogP contribution >= 0.6 is 15.9 Å². The first-order valence-electron chi connectivity index (χ1n) is 6.64. The first kappa shape index (κ1) is 14.2. The fraction of sp³-hybridized carbons (Fsp3) is 0.429. The standard InChI is InChI=1S/C14H15BrN2O4/c15-6-9-1-2-11-10(5-9)14(8-17(11)13(20)21)3-4-16(7-14)12(18)19/h1-2,5H,3-4,6-8H2,(H,18,19)(H,20,21). The van der Waals surface area contributed by atoms with Crippen LogP contribution in [0, 0.1) is 0 Å². The summed E-state index contributed by atoms with van der Waals surface area (Å²) < 4.78 is 0. The van der Waals surface area contributed by atoms with Gasteiger partial charge in [-0.25, -0.2) is 9.59 Å². The van der Waals surface area contributed by atoms with Crippen molar-refractivity contribution in [3.63, 3.8) is 0 Å². The van der Waals surface area contributed by atoms with Crippen LogP contribution in [0.3, 0.4) is 0 Å². The van der Waals surface area contributed by atoms with Gasteiger partial charge in [-0.15, -0.1) is 0 Å². The van der Waals surface area contributed by atoms with Gasteiger partial charge in [-0.1, -0.05) is 28.1 Å². The van der Waals surface area contributed by atoms with Crippen molar-refractivity contribution < 1.29 is 19.8 Å². The molecule has 2 amide bonds. The van der Waals surface area contributed by atoms with Crippen molar-refractivity contribution in [2.45, 2.75) is 17.2 Å². The Morgan fingerprint density at radius 1 is 1.24 bits per heavy atom. The number of amides is 2. The van der Waals surface area contributed by atoms with E-state index in [9.17, 15) is 14.7 Å². The lowest BCUT2D eigenvalue weighted by Gasteiger charge is -2.24. The molecule has 1 saturated heterocycles. The van der Waals surface area contributed by atoms with Crippen LogP contribution < -0.4 is 4.90 Å². The predicted octanol–water partition coefficient (Wildman–Crippen LogP) is 2.70. The molecule has 7 heteroatoms. The summed E-state index contributed by atoms with van der Waals surface area (Å²) in [6.07, 6.45) is -1.28. The molecule has 0 bridgehead atoms. The van der Waals surface area contributed by atoms with Gasteiger partial charge in [-0.05, 0) is 23.6 Å². The molecule has 1 aromatic carbocycles. The van der Waals surface area contributed by atoms with Crippen molar-refractivity contribution >= 4 is 33.8 Å². The highest BCUT2D eigenvalue weighted by atomic mass is 79.9. The van der Waals surface area contributed by atoms with E-state index in [1.165, 1.54) is 9.80 Å². The summed E-state index contributed by atoms with van der Waals surface area (Å²) in [7, 11) is 0. The summed E-state index contributed by atoms with van der Waals surface area (Å²) >= 11 is 3.41. The van der Waals surface area contributed by atoms with Gasteiger partial charge < -0.3 is 15.1 Å². The van der Waals surface area contributed by atoms with Gasteiger partial charge >= 0.3 is 12.2 Å². The molecule has 0 radical (unpaired) electrons. The Bertz CT molecular complexity index is 621. The molecule has 0 saturated carbocycles. The van der Waals surface area contributed by atoms with E-state index in [-0.39, 0.29) is 0 Å². The lowest BCUT2D eigenvalue weighted by molar-refractivity contribution is 0.153. The third-order valence-corrected chi connectivity index (χ3v) is 5.04. The number of alkyl halides is 1. The molecular formula is C14H15BrN2O4. The number of benzene rings is 1. The number of hydrogen-bond donors (Lipinski definition) is 2. The zero-order valence-electron chi connectivity index (χ0n) is 11.3. The van der Waals surface area contributed by atoms with Crippen LogP contribution in [-0.4, -0.2) is 46.9 Å². The quantitative estimate of drug-likeness (QED) is 0.759. The van der Waals surface area contributed by atoms with Gasteiger partial charge in [0, 0.05) is 30.4 Å². The topological polar surface area (TPSA) is 81.1 Å². The summed E-state index contributed by atoms with van der Waals surface area (Å²) in [6.45, 7) is 1.12. The average molecular weight is 355 g/mol. The first-order valence-corrected chi connectivity index (χ1v) is 7.77. The fourth-order valence-electron chi connectivity index (χ4n) is 3.35. The van der Waals surface area contributed by atoms with Crippen LogP contribution in [0.1, 0.15) is 17.5 Å². The third kappa shape index (κ3) is 2.16. The zero-order chi connectivity index (χ0) is 15.2. The number of likely N-dealkylation sites (tertiary alicyclic amines) is 1. The van der Waals surface area contributed by atoms with Gasteiger partial charge in [0.1, 0.15) is 0 Å². The second kappa shape index (κ2) is 4.91. The number of rotatable bonds is 1. The smallest absolute Gasteiger partial charge is 0.411 e. The third-order valence-electron chi connectivity index (χ3n) is 4.39. The molecule has 1 spiro atoms. The minimum Gasteiger partial charge on any atom is -0.465 e. The zero-order valence-corrected chi connectivity index (χ0v) is 12.8. The van der Waals surface area contributed by atoms with Crippen molar-refractivity contribution in [2.24, 2.45) is 0 Å². The highest BCUT2D eigenvalue weighted by Crippen LogP contribution is 2.46. The largest absolute Gasteiger partial charge is 0.465 e. The molecule has 3 rings (SSSR count). The molecule has 1 fully saturated rings. The van der Waals surface area contributed by atoms with Gasteiger partial charge in [0.25, 0.3) is 0 Å². The molecule has 112 valence electrons. The van der Waals surface area contributed by atoms with E-state index in [0.717, 1.165) is 11.1 Å². The highest BCUT2D eigenvalue weighted by Gasteiger charge is 2.49. The molecule has 0 aliphatic carbocycles. The molecule has 2 aliphatic rings. The minimum absolute atomic E-state index is 0.327. The molecule has 1 aromatic rings. The number of nitrogens with zero attached hydrogens (tertiary/aromatic N) is 2. The van der Waals surface area contributed by atoms with Crippen LogP contribution in [0.5, 0.6) is 0 Å². The van der Waals surface area contributed by atoms with Crippen LogP contribution in [0.25, 0.3) is 0 Å². The Hall–Kier alpha value is -1.76. The van der Waals surface area contributed by atoms with E-state index in [2.05, 4.69) is 15.9 Å². The molecule has 6 nitrogen and oxygen atoms in total. The lowest BCUT2D eigenvalue weighted by Crippen LogP contribution is -2.39. The van der Waals surface area contributed by atoms with E-state index in [4.69, 9.17) is 5.11 Å². The number of anilines is 1. The van der Waals surface area contributed by atoms with Crippen LogP contribution in [0.2, 0.25) is 0 Å². The number of carbonyl (C=O) groups is 2. The summed E-state index contributed by atoms with van der Waals surface area (Å²) in [5.74, 6) is 0. The first-order chi connectivity index (χ1) is 9.97. The minimum atomic E-state index is -0.992. The SMILES string of the molecule is O=C(O)N1CCC2(C1)CN(C(=O)O)c1ccc(CBr)cc12. The number of halogens is 1. The monoisotopic (exact) mass is 354 g/mol. The predicted molar refractivity (Wildman–Crippen MR) is 80.3 cm³/mol. The molecule has 2 aliphatic heterocycles. The van der Waals surface area contributed by atoms with Crippen molar-refractivity contribution in [1.82, 2.24) is 4.90 Å². The number of carboxylic acid groups (broad SMARTS) is 2. The summed E-state index contributed by atoms with van der Waals surface area (Å²) in [5.41, 5.74) is 2.28. The molecule has 2 heterocycles. The summed E-state index contributed by atoms with van der Waals surface area (Å²) in [4.78, 5) is 25.3. The van der Waals surface area contributed by atoms with Gasteiger partial charge in [0.15, 0.2) is 0 Å². The normalized spacial score (nSPS) is 23.7. The van der Waals surface area contributed by atoms with E-state index in [1.807, 2.05) is 18.2 Å². The Kier molecular flexibility index (Phi) is 3.32. The van der Waals surface area contributed by atoms with E-state index in [0.29, 0.717) is 37.1 Å². The maximum atomic E-state index is 11.5. The Morgan fingerprint density at radius 2 is 2.00 bits per heavy atom.